The van der Waals surface area contributed by atoms with Crippen LogP contribution in [0.15, 0.2) is 36.4 Å². The molecule has 154 valence electrons. The summed E-state index contributed by atoms with van der Waals surface area (Å²) >= 11 is 0. The molecule has 0 aliphatic carbocycles. The Kier molecular flexibility index (Phi) is 6.15. The molecule has 2 aromatic carbocycles. The van der Waals surface area contributed by atoms with Gasteiger partial charge < -0.3 is 15.0 Å². The number of rotatable bonds is 5. The molecule has 3 rings (SSSR count). The lowest BCUT2D eigenvalue weighted by molar-refractivity contribution is -0.140. The van der Waals surface area contributed by atoms with Crippen molar-refractivity contribution < 1.29 is 23.1 Å². The maximum Gasteiger partial charge on any atom is 0.264 e. The van der Waals surface area contributed by atoms with Crippen LogP contribution in [0.5, 0.6) is 5.75 Å². The molecular weight excluding hydrogens is 378 g/mol. The molecule has 0 bridgehead atoms. The molecular formula is C22H24F2N2O3. The highest BCUT2D eigenvalue weighted by Crippen LogP contribution is 2.31. The number of nitrogens with one attached hydrogen (secondary N) is 1. The highest BCUT2D eigenvalue weighted by atomic mass is 19.1. The quantitative estimate of drug-likeness (QED) is 0.800. The average Bonchev–Trinajstić information content (AvgIpc) is 2.83. The zero-order chi connectivity index (χ0) is 21.1. The van der Waals surface area contributed by atoms with Crippen LogP contribution in [0.25, 0.3) is 0 Å². The number of amides is 2. The highest BCUT2D eigenvalue weighted by molar-refractivity contribution is 6.04. The lowest BCUT2D eigenvalue weighted by Crippen LogP contribution is -2.43. The Morgan fingerprint density at radius 2 is 1.93 bits per heavy atom. The van der Waals surface area contributed by atoms with Gasteiger partial charge in [-0.1, -0.05) is 19.9 Å². The van der Waals surface area contributed by atoms with Crippen molar-refractivity contribution in [1.82, 2.24) is 4.90 Å². The van der Waals surface area contributed by atoms with Crippen molar-refractivity contribution in [2.24, 2.45) is 0 Å². The molecule has 0 saturated heterocycles. The van der Waals surface area contributed by atoms with E-state index in [1.165, 1.54) is 6.07 Å². The van der Waals surface area contributed by atoms with Crippen molar-refractivity contribution in [3.63, 3.8) is 0 Å². The number of hydrogen-bond donors (Lipinski definition) is 1. The molecule has 2 aromatic rings. The summed E-state index contributed by atoms with van der Waals surface area (Å²) in [6.07, 6.45) is 0.759. The molecule has 7 heteroatoms. The van der Waals surface area contributed by atoms with Gasteiger partial charge in [0.2, 0.25) is 0 Å². The normalized spacial score (nSPS) is 17.2. The van der Waals surface area contributed by atoms with Crippen molar-refractivity contribution in [1.29, 1.82) is 0 Å². The fraction of sp³-hybridized carbons (Fsp3) is 0.364. The molecule has 0 spiro atoms. The van der Waals surface area contributed by atoms with E-state index in [0.717, 1.165) is 24.1 Å². The molecule has 1 aliphatic rings. The van der Waals surface area contributed by atoms with Gasteiger partial charge in [-0.3, -0.25) is 9.59 Å². The van der Waals surface area contributed by atoms with Gasteiger partial charge in [-0.05, 0) is 50.1 Å². The summed E-state index contributed by atoms with van der Waals surface area (Å²) in [6.45, 7) is 6.20. The van der Waals surface area contributed by atoms with E-state index >= 15 is 0 Å². The summed E-state index contributed by atoms with van der Waals surface area (Å²) in [5.74, 6) is -2.25. The Bertz CT molecular complexity index is 912. The molecule has 0 radical (unpaired) electrons. The Balaban J connectivity index is 1.90. The lowest BCUT2D eigenvalue weighted by Gasteiger charge is -2.28. The van der Waals surface area contributed by atoms with Crippen LogP contribution in [0.1, 0.15) is 49.5 Å². The zero-order valence-corrected chi connectivity index (χ0v) is 16.7. The number of fused-ring (bicyclic) bond motifs is 1. The van der Waals surface area contributed by atoms with Crippen molar-refractivity contribution in [2.75, 3.05) is 5.32 Å². The Hall–Kier alpha value is -2.96. The molecule has 29 heavy (non-hydrogen) atoms. The van der Waals surface area contributed by atoms with E-state index in [0.29, 0.717) is 24.4 Å². The summed E-state index contributed by atoms with van der Waals surface area (Å²) in [5.41, 5.74) is 0.453. The van der Waals surface area contributed by atoms with Gasteiger partial charge in [-0.25, -0.2) is 8.78 Å². The van der Waals surface area contributed by atoms with Crippen molar-refractivity contribution >= 4 is 17.5 Å². The molecule has 2 atom stereocenters. The average molecular weight is 402 g/mol. The van der Waals surface area contributed by atoms with Crippen LogP contribution in [-0.2, 0) is 11.3 Å². The first kappa shape index (κ1) is 20.8. The third-order valence-electron chi connectivity index (χ3n) is 5.17. The van der Waals surface area contributed by atoms with Crippen molar-refractivity contribution in [3.05, 3.63) is 59.2 Å². The van der Waals surface area contributed by atoms with Gasteiger partial charge in [0.25, 0.3) is 11.8 Å². The zero-order valence-electron chi connectivity index (χ0n) is 16.7. The SMILES string of the molecule is CCC1Oc2ccc(NC(=O)c3c(F)cccc3F)cc2CN(C(C)CC)C1=O. The van der Waals surface area contributed by atoms with E-state index in [-0.39, 0.29) is 11.9 Å². The molecule has 1 aliphatic heterocycles. The minimum Gasteiger partial charge on any atom is -0.480 e. The fourth-order valence-electron chi connectivity index (χ4n) is 3.31. The first-order valence-corrected chi connectivity index (χ1v) is 9.71. The van der Waals surface area contributed by atoms with Crippen molar-refractivity contribution in [3.8, 4) is 5.75 Å². The van der Waals surface area contributed by atoms with Crippen LogP contribution < -0.4 is 10.1 Å². The predicted octanol–water partition coefficient (Wildman–Crippen LogP) is 4.52. The Labute approximate surface area is 168 Å². The summed E-state index contributed by atoms with van der Waals surface area (Å²) < 4.78 is 33.6. The van der Waals surface area contributed by atoms with E-state index in [4.69, 9.17) is 4.74 Å². The second-order valence-electron chi connectivity index (χ2n) is 7.11. The van der Waals surface area contributed by atoms with E-state index in [9.17, 15) is 18.4 Å². The molecule has 2 unspecified atom stereocenters. The second-order valence-corrected chi connectivity index (χ2v) is 7.11. The van der Waals surface area contributed by atoms with Crippen LogP contribution in [0.4, 0.5) is 14.5 Å². The molecule has 1 heterocycles. The molecule has 0 saturated carbocycles. The Morgan fingerprint density at radius 3 is 2.55 bits per heavy atom. The number of benzene rings is 2. The van der Waals surface area contributed by atoms with Crippen LogP contribution in [0.3, 0.4) is 0 Å². The summed E-state index contributed by atoms with van der Waals surface area (Å²) in [5, 5.41) is 2.53. The summed E-state index contributed by atoms with van der Waals surface area (Å²) in [4.78, 5) is 27.0. The standard InChI is InChI=1S/C22H24F2N2O3/c1-4-13(3)26-12-14-11-15(9-10-19(14)29-18(5-2)22(26)28)25-21(27)20-16(23)7-6-8-17(20)24/h6-11,13,18H,4-5,12H2,1-3H3,(H,25,27). The van der Waals surface area contributed by atoms with E-state index in [2.05, 4.69) is 5.32 Å². The molecule has 1 N–H and O–H groups in total. The molecule has 0 fully saturated rings. The van der Waals surface area contributed by atoms with E-state index in [1.807, 2.05) is 20.8 Å². The van der Waals surface area contributed by atoms with Gasteiger partial charge in [-0.15, -0.1) is 0 Å². The topological polar surface area (TPSA) is 58.6 Å². The van der Waals surface area contributed by atoms with Crippen LogP contribution in [0, 0.1) is 11.6 Å². The third-order valence-corrected chi connectivity index (χ3v) is 5.17. The van der Waals surface area contributed by atoms with Gasteiger partial charge >= 0.3 is 0 Å². The van der Waals surface area contributed by atoms with E-state index < -0.39 is 29.2 Å². The maximum absolute atomic E-state index is 13.9. The highest BCUT2D eigenvalue weighted by Gasteiger charge is 2.32. The lowest BCUT2D eigenvalue weighted by atomic mass is 10.1. The number of anilines is 1. The smallest absolute Gasteiger partial charge is 0.264 e. The Morgan fingerprint density at radius 1 is 1.24 bits per heavy atom. The van der Waals surface area contributed by atoms with Crippen LogP contribution in [0.2, 0.25) is 0 Å². The fourth-order valence-corrected chi connectivity index (χ4v) is 3.31. The second kappa shape index (κ2) is 8.59. The predicted molar refractivity (Wildman–Crippen MR) is 106 cm³/mol. The van der Waals surface area contributed by atoms with Crippen LogP contribution in [-0.4, -0.2) is 28.9 Å². The van der Waals surface area contributed by atoms with Gasteiger partial charge in [0.05, 0.1) is 0 Å². The number of nitrogens with zero attached hydrogens (tertiary/aromatic N) is 1. The number of carbonyl (C=O) groups excluding carboxylic acids is 2. The first-order valence-electron chi connectivity index (χ1n) is 9.71. The summed E-state index contributed by atoms with van der Waals surface area (Å²) in [6, 6.07) is 8.21. The third kappa shape index (κ3) is 4.23. The van der Waals surface area contributed by atoms with Gasteiger partial charge in [0.1, 0.15) is 22.9 Å². The first-order chi connectivity index (χ1) is 13.8. The van der Waals surface area contributed by atoms with Gasteiger partial charge in [-0.2, -0.15) is 0 Å². The van der Waals surface area contributed by atoms with Gasteiger partial charge in [0.15, 0.2) is 6.10 Å². The molecule has 5 nitrogen and oxygen atoms in total. The largest absolute Gasteiger partial charge is 0.480 e. The van der Waals surface area contributed by atoms with Crippen LogP contribution >= 0.6 is 0 Å². The maximum atomic E-state index is 13.9. The number of hydrogen-bond acceptors (Lipinski definition) is 3. The molecule has 0 aromatic heterocycles. The number of carbonyl (C=O) groups is 2. The summed E-state index contributed by atoms with van der Waals surface area (Å²) in [7, 11) is 0. The minimum atomic E-state index is -0.931. The monoisotopic (exact) mass is 402 g/mol. The van der Waals surface area contributed by atoms with Gasteiger partial charge in [0, 0.05) is 23.8 Å². The number of halogens is 2. The van der Waals surface area contributed by atoms with E-state index in [1.54, 1.807) is 23.1 Å². The van der Waals surface area contributed by atoms with Crippen molar-refractivity contribution in [2.45, 2.75) is 52.3 Å². The molecule has 2 amide bonds. The number of ether oxygens (including phenoxy) is 1. The minimum absolute atomic E-state index is 0.0249.